The van der Waals surface area contributed by atoms with Crippen molar-refractivity contribution in [2.24, 2.45) is 0 Å². The van der Waals surface area contributed by atoms with E-state index in [1.54, 1.807) is 10.8 Å². The van der Waals surface area contributed by atoms with Crippen molar-refractivity contribution < 1.29 is 9.53 Å². The number of esters is 1. The molecule has 17 heavy (non-hydrogen) atoms. The van der Waals surface area contributed by atoms with Crippen LogP contribution in [0.15, 0.2) is 15.5 Å². The maximum absolute atomic E-state index is 12.0. The molecule has 0 bridgehead atoms. The number of nitrogens with zero attached hydrogens (tertiary/aromatic N) is 1. The molecule has 1 heterocycles. The Kier molecular flexibility index (Phi) is 3.73. The van der Waals surface area contributed by atoms with Gasteiger partial charge in [-0.2, -0.15) is 0 Å². The van der Waals surface area contributed by atoms with Crippen LogP contribution in [0.5, 0.6) is 0 Å². The summed E-state index contributed by atoms with van der Waals surface area (Å²) in [6.45, 7) is 0. The van der Waals surface area contributed by atoms with E-state index < -0.39 is 5.97 Å². The molecule has 1 saturated carbocycles. The highest BCUT2D eigenvalue weighted by molar-refractivity contribution is 9.10. The van der Waals surface area contributed by atoms with E-state index in [1.165, 1.54) is 7.11 Å². The van der Waals surface area contributed by atoms with Crippen molar-refractivity contribution in [3.8, 4) is 0 Å². The van der Waals surface area contributed by atoms with Gasteiger partial charge in [0.05, 0.1) is 17.1 Å². The molecule has 1 aromatic rings. The van der Waals surface area contributed by atoms with E-state index in [1.807, 2.05) is 0 Å². The van der Waals surface area contributed by atoms with E-state index >= 15 is 0 Å². The molecule has 0 aromatic carbocycles. The van der Waals surface area contributed by atoms with E-state index in [2.05, 4.69) is 31.9 Å². The molecule has 1 fully saturated rings. The van der Waals surface area contributed by atoms with Crippen molar-refractivity contribution in [2.75, 3.05) is 7.11 Å². The monoisotopic (exact) mass is 363 g/mol. The second kappa shape index (κ2) is 4.94. The molecule has 92 valence electrons. The SMILES string of the molecule is COC(=O)c1cn(C2CC2)c(=O)c(Br)c1CBr. The van der Waals surface area contributed by atoms with E-state index in [4.69, 9.17) is 4.74 Å². The maximum Gasteiger partial charge on any atom is 0.339 e. The lowest BCUT2D eigenvalue weighted by Gasteiger charge is -2.12. The van der Waals surface area contributed by atoms with Crippen LogP contribution >= 0.6 is 31.9 Å². The minimum absolute atomic E-state index is 0.0883. The Bertz CT molecular complexity index is 520. The van der Waals surface area contributed by atoms with Crippen LogP contribution in [-0.4, -0.2) is 17.6 Å². The minimum Gasteiger partial charge on any atom is -0.465 e. The van der Waals surface area contributed by atoms with Gasteiger partial charge in [-0.1, -0.05) is 15.9 Å². The summed E-state index contributed by atoms with van der Waals surface area (Å²) in [6.07, 6.45) is 3.58. The third kappa shape index (κ3) is 2.33. The highest BCUT2D eigenvalue weighted by atomic mass is 79.9. The molecule has 0 aliphatic heterocycles. The predicted octanol–water partition coefficient (Wildman–Crippen LogP) is 2.63. The van der Waals surface area contributed by atoms with Gasteiger partial charge in [0.1, 0.15) is 0 Å². The lowest BCUT2D eigenvalue weighted by molar-refractivity contribution is 0.0598. The summed E-state index contributed by atoms with van der Waals surface area (Å²) in [5, 5.41) is 0.429. The van der Waals surface area contributed by atoms with Gasteiger partial charge in [0, 0.05) is 17.6 Å². The van der Waals surface area contributed by atoms with Gasteiger partial charge in [0.15, 0.2) is 0 Å². The van der Waals surface area contributed by atoms with Crippen LogP contribution in [0.2, 0.25) is 0 Å². The average molecular weight is 365 g/mol. The van der Waals surface area contributed by atoms with Crippen LogP contribution in [0.4, 0.5) is 0 Å². The third-order valence-corrected chi connectivity index (χ3v) is 4.14. The van der Waals surface area contributed by atoms with Crippen LogP contribution in [-0.2, 0) is 10.1 Å². The molecular formula is C11H11Br2NO3. The molecule has 0 radical (unpaired) electrons. The van der Waals surface area contributed by atoms with Crippen molar-refractivity contribution in [2.45, 2.75) is 24.2 Å². The van der Waals surface area contributed by atoms with Gasteiger partial charge in [-0.15, -0.1) is 0 Å². The van der Waals surface area contributed by atoms with Crippen molar-refractivity contribution in [1.82, 2.24) is 4.57 Å². The molecule has 4 nitrogen and oxygen atoms in total. The maximum atomic E-state index is 12.0. The first-order valence-corrected chi connectivity index (χ1v) is 7.09. The predicted molar refractivity (Wildman–Crippen MR) is 70.6 cm³/mol. The Morgan fingerprint density at radius 1 is 1.59 bits per heavy atom. The van der Waals surface area contributed by atoms with Crippen molar-refractivity contribution in [3.63, 3.8) is 0 Å². The quantitative estimate of drug-likeness (QED) is 0.611. The molecule has 1 aliphatic rings. The molecule has 0 atom stereocenters. The Labute approximate surface area is 115 Å². The van der Waals surface area contributed by atoms with E-state index in [9.17, 15) is 9.59 Å². The van der Waals surface area contributed by atoms with Gasteiger partial charge in [0.25, 0.3) is 5.56 Å². The number of hydrogen-bond donors (Lipinski definition) is 0. The third-order valence-electron chi connectivity index (χ3n) is 2.76. The van der Waals surface area contributed by atoms with Crippen molar-refractivity contribution in [3.05, 3.63) is 32.2 Å². The molecule has 0 amide bonds. The smallest absolute Gasteiger partial charge is 0.339 e. The van der Waals surface area contributed by atoms with Crippen LogP contribution in [0.25, 0.3) is 0 Å². The standard InChI is InChI=1S/C11H11Br2NO3/c1-17-11(16)8-5-14(6-2-3-6)10(15)9(13)7(8)4-12/h5-6H,2-4H2,1H3. The zero-order valence-corrected chi connectivity index (χ0v) is 12.4. The summed E-state index contributed by atoms with van der Waals surface area (Å²) in [5.41, 5.74) is 0.983. The molecule has 0 N–H and O–H groups in total. The molecule has 0 unspecified atom stereocenters. The van der Waals surface area contributed by atoms with Crippen LogP contribution in [0.1, 0.15) is 34.8 Å². The second-order valence-electron chi connectivity index (χ2n) is 3.90. The number of rotatable bonds is 3. The zero-order valence-electron chi connectivity index (χ0n) is 9.20. The summed E-state index contributed by atoms with van der Waals surface area (Å²) >= 11 is 6.55. The number of hydrogen-bond acceptors (Lipinski definition) is 3. The molecule has 1 aromatic heterocycles. The highest BCUT2D eigenvalue weighted by Gasteiger charge is 2.28. The van der Waals surface area contributed by atoms with Gasteiger partial charge in [-0.05, 0) is 34.3 Å². The topological polar surface area (TPSA) is 48.3 Å². The van der Waals surface area contributed by atoms with Crippen LogP contribution < -0.4 is 5.56 Å². The van der Waals surface area contributed by atoms with E-state index in [-0.39, 0.29) is 11.6 Å². The summed E-state index contributed by atoms with van der Waals surface area (Å²) in [5.74, 6) is -0.422. The Balaban J connectivity index is 2.63. The fraction of sp³-hybridized carbons (Fsp3) is 0.455. The Morgan fingerprint density at radius 3 is 2.71 bits per heavy atom. The molecule has 6 heteroatoms. The van der Waals surface area contributed by atoms with E-state index in [0.29, 0.717) is 20.9 Å². The largest absolute Gasteiger partial charge is 0.465 e. The summed E-state index contributed by atoms with van der Waals surface area (Å²) in [7, 11) is 1.33. The minimum atomic E-state index is -0.422. The average Bonchev–Trinajstić information content (AvgIpc) is 3.15. The summed E-state index contributed by atoms with van der Waals surface area (Å²) < 4.78 is 6.78. The van der Waals surface area contributed by atoms with Crippen molar-refractivity contribution >= 4 is 37.8 Å². The number of alkyl halides is 1. The van der Waals surface area contributed by atoms with Crippen LogP contribution in [0, 0.1) is 0 Å². The number of pyridine rings is 1. The fourth-order valence-corrected chi connectivity index (χ4v) is 3.19. The highest BCUT2D eigenvalue weighted by Crippen LogP contribution is 2.35. The fourth-order valence-electron chi connectivity index (χ4n) is 1.68. The molecule has 0 saturated heterocycles. The normalized spacial score (nSPS) is 14.8. The second-order valence-corrected chi connectivity index (χ2v) is 5.26. The number of carbonyl (C=O) groups excluding carboxylic acids is 1. The Morgan fingerprint density at radius 2 is 2.24 bits per heavy atom. The first kappa shape index (κ1) is 12.8. The van der Waals surface area contributed by atoms with Gasteiger partial charge in [-0.3, -0.25) is 4.79 Å². The first-order valence-electron chi connectivity index (χ1n) is 5.18. The Hall–Kier alpha value is -0.620. The number of aromatic nitrogens is 1. The van der Waals surface area contributed by atoms with Gasteiger partial charge < -0.3 is 9.30 Å². The summed E-state index contributed by atoms with van der Waals surface area (Å²) in [6, 6.07) is 0.228. The zero-order chi connectivity index (χ0) is 12.6. The van der Waals surface area contributed by atoms with Crippen LogP contribution in [0.3, 0.4) is 0 Å². The number of halogens is 2. The number of methoxy groups -OCH3 is 1. The molecule has 1 aliphatic carbocycles. The summed E-state index contributed by atoms with van der Waals surface area (Å²) in [4.78, 5) is 23.7. The number of carbonyl (C=O) groups is 1. The van der Waals surface area contributed by atoms with Gasteiger partial charge in [-0.25, -0.2) is 4.79 Å². The number of ether oxygens (including phenoxy) is 1. The first-order chi connectivity index (χ1) is 8.10. The van der Waals surface area contributed by atoms with Gasteiger partial charge >= 0.3 is 5.97 Å². The van der Waals surface area contributed by atoms with Gasteiger partial charge in [0.2, 0.25) is 0 Å². The molecular weight excluding hydrogens is 354 g/mol. The van der Waals surface area contributed by atoms with E-state index in [0.717, 1.165) is 12.8 Å². The molecule has 2 rings (SSSR count). The molecule has 0 spiro atoms. The lowest BCUT2D eigenvalue weighted by atomic mass is 10.1. The lowest BCUT2D eigenvalue weighted by Crippen LogP contribution is -2.24. The van der Waals surface area contributed by atoms with Crippen molar-refractivity contribution in [1.29, 1.82) is 0 Å².